The summed E-state index contributed by atoms with van der Waals surface area (Å²) in [6.45, 7) is 0.590. The highest BCUT2D eigenvalue weighted by Gasteiger charge is 2.50. The Hall–Kier alpha value is -2.24. The summed E-state index contributed by atoms with van der Waals surface area (Å²) < 4.78 is 10.6. The van der Waals surface area contributed by atoms with Gasteiger partial charge in [0.25, 0.3) is 0 Å². The molecule has 1 aromatic carbocycles. The van der Waals surface area contributed by atoms with Gasteiger partial charge < -0.3 is 19.9 Å². The summed E-state index contributed by atoms with van der Waals surface area (Å²) in [5.41, 5.74) is 0.917. The van der Waals surface area contributed by atoms with E-state index in [1.165, 1.54) is 0 Å². The lowest BCUT2D eigenvalue weighted by Crippen LogP contribution is -2.50. The molecule has 6 nitrogen and oxygen atoms in total. The van der Waals surface area contributed by atoms with Crippen molar-refractivity contribution in [1.82, 2.24) is 5.32 Å². The number of carboxylic acid groups (broad SMARTS) is 1. The third-order valence-corrected chi connectivity index (χ3v) is 5.71. The number of carbonyl (C=O) groups excluding carboxylic acids is 1. The van der Waals surface area contributed by atoms with Crippen molar-refractivity contribution < 1.29 is 24.2 Å². The van der Waals surface area contributed by atoms with Crippen LogP contribution in [0.2, 0.25) is 0 Å². The maximum Gasteiger partial charge on any atom is 0.307 e. The lowest BCUT2D eigenvalue weighted by molar-refractivity contribution is -0.158. The number of fused-ring (bicyclic) bond motifs is 4. The molecule has 0 aromatic heterocycles. The van der Waals surface area contributed by atoms with Gasteiger partial charge in [-0.25, -0.2) is 0 Å². The van der Waals surface area contributed by atoms with Gasteiger partial charge in [-0.2, -0.15) is 0 Å². The molecule has 1 aliphatic heterocycles. The second-order valence-electron chi connectivity index (χ2n) is 6.97. The predicted molar refractivity (Wildman–Crippen MR) is 84.5 cm³/mol. The highest BCUT2D eigenvalue weighted by molar-refractivity contribution is 5.85. The summed E-state index contributed by atoms with van der Waals surface area (Å²) in [7, 11) is 0. The fraction of sp³-hybridized carbons (Fsp3) is 0.556. The Bertz CT molecular complexity index is 665. The second kappa shape index (κ2) is 6.00. The molecule has 0 radical (unpaired) electrons. The molecule has 2 N–H and O–H groups in total. The van der Waals surface area contributed by atoms with Crippen LogP contribution in [0.25, 0.3) is 0 Å². The molecule has 3 saturated carbocycles. The Morgan fingerprint density at radius 1 is 1.04 bits per heavy atom. The first-order valence-electron chi connectivity index (χ1n) is 8.52. The smallest absolute Gasteiger partial charge is 0.307 e. The molecule has 1 amide bonds. The number of benzene rings is 1. The first-order chi connectivity index (χ1) is 11.6. The molecule has 2 atom stereocenters. The lowest BCUT2D eigenvalue weighted by Gasteiger charge is -2.45. The summed E-state index contributed by atoms with van der Waals surface area (Å²) in [5.74, 6) is -0.149. The van der Waals surface area contributed by atoms with Crippen molar-refractivity contribution in [3.8, 4) is 11.5 Å². The van der Waals surface area contributed by atoms with Gasteiger partial charge in [-0.3, -0.25) is 9.59 Å². The maximum atomic E-state index is 12.7. The molecule has 24 heavy (non-hydrogen) atoms. The Kier molecular flexibility index (Phi) is 3.82. The Morgan fingerprint density at radius 3 is 2.42 bits per heavy atom. The molecule has 6 heteroatoms. The largest absolute Gasteiger partial charge is 0.481 e. The van der Waals surface area contributed by atoms with Gasteiger partial charge in [-0.1, -0.05) is 6.07 Å². The van der Waals surface area contributed by atoms with E-state index in [4.69, 9.17) is 9.47 Å². The van der Waals surface area contributed by atoms with Crippen molar-refractivity contribution in [2.24, 2.45) is 23.7 Å². The second-order valence-corrected chi connectivity index (χ2v) is 6.97. The van der Waals surface area contributed by atoms with E-state index in [-0.39, 0.29) is 24.5 Å². The number of nitrogens with one attached hydrogen (secondary N) is 1. The minimum atomic E-state index is -0.826. The third-order valence-electron chi connectivity index (χ3n) is 5.71. The zero-order valence-corrected chi connectivity index (χ0v) is 13.4. The Labute approximate surface area is 140 Å². The third kappa shape index (κ3) is 2.60. The number of aliphatic carboxylic acids is 1. The van der Waals surface area contributed by atoms with Crippen molar-refractivity contribution in [2.75, 3.05) is 6.79 Å². The molecule has 128 valence electrons. The van der Waals surface area contributed by atoms with Crippen LogP contribution < -0.4 is 14.8 Å². The molecule has 4 aliphatic rings. The molecular weight excluding hydrogens is 310 g/mol. The van der Waals surface area contributed by atoms with Gasteiger partial charge in [-0.05, 0) is 55.2 Å². The molecule has 3 aliphatic carbocycles. The van der Waals surface area contributed by atoms with Gasteiger partial charge in [0, 0.05) is 6.54 Å². The molecule has 1 aromatic rings. The summed E-state index contributed by atoms with van der Waals surface area (Å²) in [4.78, 5) is 24.3. The highest BCUT2D eigenvalue weighted by Crippen LogP contribution is 2.49. The number of hydrogen-bond donors (Lipinski definition) is 2. The van der Waals surface area contributed by atoms with E-state index in [2.05, 4.69) is 5.32 Å². The number of carbonyl (C=O) groups is 2. The Morgan fingerprint density at radius 2 is 1.71 bits per heavy atom. The van der Waals surface area contributed by atoms with Crippen LogP contribution in [-0.2, 0) is 16.1 Å². The number of ether oxygens (including phenoxy) is 2. The van der Waals surface area contributed by atoms with Crippen LogP contribution in [-0.4, -0.2) is 23.8 Å². The molecule has 1 heterocycles. The van der Waals surface area contributed by atoms with Gasteiger partial charge in [0.1, 0.15) is 0 Å². The standard InChI is InChI=1S/C18H21NO5/c20-17(15-11-2-4-12(5-3-11)16(15)18(21)22)19-8-10-1-6-13-14(7-10)24-9-23-13/h1,6-7,11-12,15-16H,2-5,8-9H2,(H,19,20)(H,21,22)/t11?,12?,15-,16-/m0/s1. The van der Waals surface area contributed by atoms with Crippen LogP contribution in [0.3, 0.4) is 0 Å². The minimum Gasteiger partial charge on any atom is -0.481 e. The fourth-order valence-corrected chi connectivity index (χ4v) is 4.54. The van der Waals surface area contributed by atoms with E-state index in [0.717, 1.165) is 31.2 Å². The van der Waals surface area contributed by atoms with Crippen molar-refractivity contribution in [1.29, 1.82) is 0 Å². The van der Waals surface area contributed by atoms with Crippen molar-refractivity contribution in [3.63, 3.8) is 0 Å². The molecule has 0 spiro atoms. The van der Waals surface area contributed by atoms with Crippen LogP contribution >= 0.6 is 0 Å². The Balaban J connectivity index is 1.44. The van der Waals surface area contributed by atoms with E-state index in [1.54, 1.807) is 0 Å². The molecule has 2 bridgehead atoms. The number of amides is 1. The summed E-state index contributed by atoms with van der Waals surface area (Å²) >= 11 is 0. The van der Waals surface area contributed by atoms with Crippen molar-refractivity contribution in [2.45, 2.75) is 32.2 Å². The quantitative estimate of drug-likeness (QED) is 0.883. The number of hydrogen-bond acceptors (Lipinski definition) is 4. The molecular formula is C18H21NO5. The highest BCUT2D eigenvalue weighted by atomic mass is 16.7. The first-order valence-corrected chi connectivity index (χ1v) is 8.52. The average Bonchev–Trinajstić information content (AvgIpc) is 3.07. The van der Waals surface area contributed by atoms with E-state index < -0.39 is 17.8 Å². The topological polar surface area (TPSA) is 84.9 Å². The zero-order chi connectivity index (χ0) is 16.7. The van der Waals surface area contributed by atoms with Gasteiger partial charge >= 0.3 is 5.97 Å². The van der Waals surface area contributed by atoms with Crippen LogP contribution in [0.5, 0.6) is 11.5 Å². The minimum absolute atomic E-state index is 0.130. The lowest BCUT2D eigenvalue weighted by atomic mass is 9.58. The fourth-order valence-electron chi connectivity index (χ4n) is 4.54. The molecule has 0 saturated heterocycles. The van der Waals surface area contributed by atoms with Crippen molar-refractivity contribution in [3.05, 3.63) is 23.8 Å². The van der Waals surface area contributed by atoms with Crippen LogP contribution in [0.4, 0.5) is 0 Å². The normalized spacial score (nSPS) is 30.2. The molecule has 5 rings (SSSR count). The van der Waals surface area contributed by atoms with Crippen LogP contribution in [0.15, 0.2) is 18.2 Å². The number of carboxylic acids is 1. The van der Waals surface area contributed by atoms with Gasteiger partial charge in [-0.15, -0.1) is 0 Å². The monoisotopic (exact) mass is 331 g/mol. The maximum absolute atomic E-state index is 12.7. The first kappa shape index (κ1) is 15.3. The SMILES string of the molecule is O=C(O)[C@H]1C2CCC(CC2)[C@@H]1C(=O)NCc1ccc2c(c1)OCO2. The van der Waals surface area contributed by atoms with Gasteiger partial charge in [0.15, 0.2) is 11.5 Å². The van der Waals surface area contributed by atoms with Crippen LogP contribution in [0, 0.1) is 23.7 Å². The predicted octanol–water partition coefficient (Wildman–Crippen LogP) is 2.17. The zero-order valence-electron chi connectivity index (χ0n) is 13.4. The summed E-state index contributed by atoms with van der Waals surface area (Å²) in [6, 6.07) is 5.56. The molecule has 0 unspecified atom stereocenters. The van der Waals surface area contributed by atoms with E-state index >= 15 is 0 Å². The summed E-state index contributed by atoms with van der Waals surface area (Å²) in [5, 5.41) is 12.5. The van der Waals surface area contributed by atoms with Crippen LogP contribution in [0.1, 0.15) is 31.2 Å². The van der Waals surface area contributed by atoms with E-state index in [9.17, 15) is 14.7 Å². The summed E-state index contributed by atoms with van der Waals surface area (Å²) in [6.07, 6.45) is 3.81. The van der Waals surface area contributed by atoms with Crippen molar-refractivity contribution >= 4 is 11.9 Å². The van der Waals surface area contributed by atoms with E-state index in [1.807, 2.05) is 18.2 Å². The number of rotatable bonds is 4. The molecule has 3 fully saturated rings. The van der Waals surface area contributed by atoms with E-state index in [0.29, 0.717) is 18.0 Å². The van der Waals surface area contributed by atoms with Gasteiger partial charge in [0.2, 0.25) is 12.7 Å². The average molecular weight is 331 g/mol. The van der Waals surface area contributed by atoms with Gasteiger partial charge in [0.05, 0.1) is 11.8 Å².